The molecule has 3 aliphatic rings. The molecule has 1 aromatic carbocycles. The fourth-order valence-electron chi connectivity index (χ4n) is 6.14. The molecule has 1 aromatic rings. The Bertz CT molecular complexity index is 686. The molecule has 2 aliphatic carbocycles. The zero-order valence-electron chi connectivity index (χ0n) is 16.9. The van der Waals surface area contributed by atoms with Gasteiger partial charge in [0.25, 0.3) is 0 Å². The lowest BCUT2D eigenvalue weighted by atomic mass is 9.54. The molecule has 2 saturated carbocycles. The van der Waals surface area contributed by atoms with E-state index in [9.17, 15) is 4.79 Å². The van der Waals surface area contributed by atoms with E-state index in [0.29, 0.717) is 17.9 Å². The Morgan fingerprint density at radius 2 is 1.96 bits per heavy atom. The van der Waals surface area contributed by atoms with Crippen molar-refractivity contribution in [1.82, 2.24) is 10.2 Å². The van der Waals surface area contributed by atoms with Crippen LogP contribution in [0.2, 0.25) is 0 Å². The van der Waals surface area contributed by atoms with Gasteiger partial charge in [-0.1, -0.05) is 24.3 Å². The molecule has 0 spiro atoms. The van der Waals surface area contributed by atoms with Crippen molar-refractivity contribution in [2.75, 3.05) is 19.6 Å². The summed E-state index contributed by atoms with van der Waals surface area (Å²) < 4.78 is 0. The van der Waals surface area contributed by atoms with Crippen molar-refractivity contribution in [3.63, 3.8) is 0 Å². The van der Waals surface area contributed by atoms with Gasteiger partial charge >= 0.3 is 6.03 Å². The summed E-state index contributed by atoms with van der Waals surface area (Å²) in [6, 6.07) is 9.26. The largest absolute Gasteiger partial charge is 0.352 e. The summed E-state index contributed by atoms with van der Waals surface area (Å²) in [5.74, 6) is 2.18. The van der Waals surface area contributed by atoms with Crippen LogP contribution in [-0.2, 0) is 5.41 Å². The van der Waals surface area contributed by atoms with Gasteiger partial charge in [-0.15, -0.1) is 0 Å². The minimum absolute atomic E-state index is 0.243. The summed E-state index contributed by atoms with van der Waals surface area (Å²) in [4.78, 5) is 14.0. The van der Waals surface area contributed by atoms with Crippen LogP contribution in [0.15, 0.2) is 24.3 Å². The van der Waals surface area contributed by atoms with Crippen molar-refractivity contribution < 1.29 is 4.79 Å². The van der Waals surface area contributed by atoms with Gasteiger partial charge in [0, 0.05) is 24.5 Å². The van der Waals surface area contributed by atoms with Crippen molar-refractivity contribution in [2.45, 2.75) is 63.8 Å². The minimum Gasteiger partial charge on any atom is -0.352 e. The first-order valence-electron chi connectivity index (χ1n) is 10.8. The van der Waals surface area contributed by atoms with Gasteiger partial charge < -0.3 is 16.0 Å². The number of fused-ring (bicyclic) bond motifs is 1. The maximum Gasteiger partial charge on any atom is 0.312 e. The number of hydrogen-bond acceptors (Lipinski definition) is 2. The highest BCUT2D eigenvalue weighted by molar-refractivity contribution is 5.71. The first kappa shape index (κ1) is 18.8. The summed E-state index contributed by atoms with van der Waals surface area (Å²) in [6.07, 6.45) is 7.72. The Balaban J connectivity index is 1.62. The van der Waals surface area contributed by atoms with Crippen LogP contribution in [0.25, 0.3) is 0 Å². The summed E-state index contributed by atoms with van der Waals surface area (Å²) in [5, 5.41) is 2.88. The Kier molecular flexibility index (Phi) is 5.19. The maximum atomic E-state index is 11.2. The highest BCUT2D eigenvalue weighted by atomic mass is 16.2. The number of urea groups is 1. The molecule has 0 aromatic heterocycles. The second-order valence-electron chi connectivity index (χ2n) is 9.40. The molecule has 4 unspecified atom stereocenters. The third-order valence-corrected chi connectivity index (χ3v) is 7.69. The van der Waals surface area contributed by atoms with Crippen molar-refractivity contribution in [1.29, 1.82) is 0 Å². The molecule has 1 saturated heterocycles. The number of nitrogens with zero attached hydrogens (tertiary/aromatic N) is 1. The predicted molar refractivity (Wildman–Crippen MR) is 110 cm³/mol. The molecule has 1 heterocycles. The monoisotopic (exact) mass is 369 g/mol. The first-order chi connectivity index (χ1) is 13.0. The number of hydrogen-bond donors (Lipinski definition) is 2. The smallest absolute Gasteiger partial charge is 0.312 e. The first-order valence-corrected chi connectivity index (χ1v) is 10.8. The lowest BCUT2D eigenvalue weighted by molar-refractivity contribution is -0.00958. The number of piperidine rings is 1. The van der Waals surface area contributed by atoms with Crippen LogP contribution in [0.5, 0.6) is 0 Å². The SMILES string of the molecule is Cc1ccccc1C12CCN(CC3CC3)C(C)C1CCC(CNC(N)=O)C2. The number of aryl methyl sites for hydroxylation is 1. The number of amides is 2. The Labute approximate surface area is 163 Å². The molecule has 4 heteroatoms. The van der Waals surface area contributed by atoms with Gasteiger partial charge in [0.05, 0.1) is 0 Å². The second kappa shape index (κ2) is 7.46. The highest BCUT2D eigenvalue weighted by Crippen LogP contribution is 2.54. The lowest BCUT2D eigenvalue weighted by Gasteiger charge is -2.57. The lowest BCUT2D eigenvalue weighted by Crippen LogP contribution is -2.58. The Morgan fingerprint density at radius 1 is 1.22 bits per heavy atom. The van der Waals surface area contributed by atoms with E-state index in [1.165, 1.54) is 57.2 Å². The summed E-state index contributed by atoms with van der Waals surface area (Å²) >= 11 is 0. The van der Waals surface area contributed by atoms with E-state index in [4.69, 9.17) is 5.73 Å². The van der Waals surface area contributed by atoms with Crippen LogP contribution in [0.3, 0.4) is 0 Å². The normalized spacial score (nSPS) is 34.1. The van der Waals surface area contributed by atoms with Crippen molar-refractivity contribution in [2.24, 2.45) is 23.5 Å². The van der Waals surface area contributed by atoms with E-state index >= 15 is 0 Å². The number of rotatable bonds is 5. The fourth-order valence-corrected chi connectivity index (χ4v) is 6.14. The predicted octanol–water partition coefficient (Wildman–Crippen LogP) is 3.82. The van der Waals surface area contributed by atoms with Crippen LogP contribution in [-0.4, -0.2) is 36.6 Å². The minimum atomic E-state index is -0.394. The number of nitrogens with two attached hydrogens (primary N) is 1. The van der Waals surface area contributed by atoms with Gasteiger partial charge in [-0.3, -0.25) is 0 Å². The van der Waals surface area contributed by atoms with Crippen LogP contribution < -0.4 is 11.1 Å². The molecule has 3 fully saturated rings. The Hall–Kier alpha value is -1.55. The molecular weight excluding hydrogens is 334 g/mol. The van der Waals surface area contributed by atoms with Crippen molar-refractivity contribution in [3.8, 4) is 0 Å². The van der Waals surface area contributed by atoms with Gasteiger partial charge in [0.2, 0.25) is 0 Å². The van der Waals surface area contributed by atoms with Crippen molar-refractivity contribution >= 4 is 6.03 Å². The van der Waals surface area contributed by atoms with E-state index in [1.54, 1.807) is 5.56 Å². The average molecular weight is 370 g/mol. The fraction of sp³-hybridized carbons (Fsp3) is 0.696. The molecule has 0 bridgehead atoms. The highest BCUT2D eigenvalue weighted by Gasteiger charge is 2.51. The van der Waals surface area contributed by atoms with Gasteiger partial charge in [-0.05, 0) is 87.8 Å². The maximum absolute atomic E-state index is 11.2. The molecule has 0 radical (unpaired) electrons. The molecule has 2 amide bonds. The zero-order valence-corrected chi connectivity index (χ0v) is 16.9. The molecular formula is C23H35N3O. The molecule has 4 atom stereocenters. The number of carbonyl (C=O) groups is 1. The van der Waals surface area contributed by atoms with Crippen LogP contribution >= 0.6 is 0 Å². The molecule has 27 heavy (non-hydrogen) atoms. The van der Waals surface area contributed by atoms with Gasteiger partial charge in [0.1, 0.15) is 0 Å². The number of primary amides is 1. The van der Waals surface area contributed by atoms with Crippen LogP contribution in [0.1, 0.15) is 56.6 Å². The van der Waals surface area contributed by atoms with E-state index < -0.39 is 6.03 Å². The number of likely N-dealkylation sites (tertiary alicyclic amines) is 1. The third-order valence-electron chi connectivity index (χ3n) is 7.69. The van der Waals surface area contributed by atoms with Gasteiger partial charge in [0.15, 0.2) is 0 Å². The molecule has 1 aliphatic heterocycles. The second-order valence-corrected chi connectivity index (χ2v) is 9.40. The summed E-state index contributed by atoms with van der Waals surface area (Å²) in [7, 11) is 0. The third kappa shape index (κ3) is 3.73. The number of benzene rings is 1. The van der Waals surface area contributed by atoms with Crippen molar-refractivity contribution in [3.05, 3.63) is 35.4 Å². The summed E-state index contributed by atoms with van der Waals surface area (Å²) in [6.45, 7) is 7.97. The quantitative estimate of drug-likeness (QED) is 0.829. The van der Waals surface area contributed by atoms with E-state index in [2.05, 4.69) is 48.3 Å². The number of carbonyl (C=O) groups excluding carboxylic acids is 1. The van der Waals surface area contributed by atoms with E-state index in [-0.39, 0.29) is 5.41 Å². The molecule has 4 rings (SSSR count). The molecule has 4 nitrogen and oxygen atoms in total. The van der Waals surface area contributed by atoms with Gasteiger partial charge in [-0.25, -0.2) is 4.79 Å². The molecule has 3 N–H and O–H groups in total. The Morgan fingerprint density at radius 3 is 2.67 bits per heavy atom. The topological polar surface area (TPSA) is 58.4 Å². The van der Waals surface area contributed by atoms with E-state index in [0.717, 1.165) is 12.5 Å². The standard InChI is InChI=1S/C23H35N3O/c1-16-5-3-4-6-20(16)23-11-12-26(15-18-7-8-18)17(2)21(23)10-9-19(13-23)14-25-22(24)27/h3-6,17-19,21H,7-15H2,1-2H3,(H3,24,25,27). The van der Waals surface area contributed by atoms with Gasteiger partial charge in [-0.2, -0.15) is 0 Å². The molecule has 148 valence electrons. The van der Waals surface area contributed by atoms with Crippen LogP contribution in [0, 0.1) is 24.7 Å². The average Bonchev–Trinajstić information content (AvgIpc) is 3.47. The van der Waals surface area contributed by atoms with E-state index in [1.807, 2.05) is 0 Å². The number of nitrogens with one attached hydrogen (secondary N) is 1. The van der Waals surface area contributed by atoms with Crippen LogP contribution in [0.4, 0.5) is 4.79 Å². The summed E-state index contributed by atoms with van der Waals surface area (Å²) in [5.41, 5.74) is 8.57. The zero-order chi connectivity index (χ0) is 19.0.